The number of ether oxygens (including phenoxy) is 1. The van der Waals surface area contributed by atoms with Gasteiger partial charge in [0, 0.05) is 22.5 Å². The van der Waals surface area contributed by atoms with Gasteiger partial charge in [0.15, 0.2) is 0 Å². The van der Waals surface area contributed by atoms with Crippen molar-refractivity contribution in [2.45, 2.75) is 6.92 Å². The van der Waals surface area contributed by atoms with Gasteiger partial charge in [-0.2, -0.15) is 0 Å². The van der Waals surface area contributed by atoms with Crippen molar-refractivity contribution in [3.8, 4) is 0 Å². The molecule has 0 saturated heterocycles. The summed E-state index contributed by atoms with van der Waals surface area (Å²) in [5, 5.41) is 5.54. The third kappa shape index (κ3) is 5.07. The average molecular weight is 388 g/mol. The van der Waals surface area contributed by atoms with E-state index in [2.05, 4.69) is 15.4 Å². The minimum atomic E-state index is -0.490. The van der Waals surface area contributed by atoms with Crippen LogP contribution < -0.4 is 10.6 Å². The summed E-state index contributed by atoms with van der Waals surface area (Å²) in [5.41, 5.74) is 3.19. The molecule has 0 fully saturated rings. The van der Waals surface area contributed by atoms with Gasteiger partial charge >= 0.3 is 5.97 Å². The fourth-order valence-corrected chi connectivity index (χ4v) is 2.77. The van der Waals surface area contributed by atoms with Crippen LogP contribution in [0.3, 0.4) is 0 Å². The van der Waals surface area contributed by atoms with Gasteiger partial charge in [-0.25, -0.2) is 4.79 Å². The minimum Gasteiger partial charge on any atom is -0.465 e. The first-order valence-electron chi connectivity index (χ1n) is 8.94. The number of methoxy groups -OCH3 is 1. The Bertz CT molecular complexity index is 1080. The summed E-state index contributed by atoms with van der Waals surface area (Å²) in [5.74, 6) is -1.19. The Morgan fingerprint density at radius 3 is 1.79 bits per heavy atom. The van der Waals surface area contributed by atoms with E-state index in [1.54, 1.807) is 42.5 Å². The van der Waals surface area contributed by atoms with Gasteiger partial charge < -0.3 is 15.4 Å². The summed E-state index contributed by atoms with van der Waals surface area (Å²) in [6, 6.07) is 20.3. The zero-order valence-corrected chi connectivity index (χ0v) is 16.1. The van der Waals surface area contributed by atoms with Gasteiger partial charge in [-0.05, 0) is 61.0 Å². The predicted octanol–water partition coefficient (Wildman–Crippen LogP) is 4.29. The summed E-state index contributed by atoms with van der Waals surface area (Å²) >= 11 is 0. The topological polar surface area (TPSA) is 84.5 Å². The molecule has 0 bridgehead atoms. The van der Waals surface area contributed by atoms with Crippen molar-refractivity contribution in [3.05, 3.63) is 95.1 Å². The number of carbonyl (C=O) groups is 3. The van der Waals surface area contributed by atoms with Gasteiger partial charge in [0.05, 0.1) is 12.7 Å². The molecule has 29 heavy (non-hydrogen) atoms. The zero-order chi connectivity index (χ0) is 20.8. The standard InChI is InChI=1S/C23H20N2O4/c1-15-6-3-10-19(12-15)24-21(26)16-7-4-8-17(13-16)22(27)25-20-11-5-9-18(14-20)23(28)29-2/h3-14H,1-2H3,(H,24,26)(H,25,27). The number of anilines is 2. The van der Waals surface area contributed by atoms with Crippen LogP contribution in [0.1, 0.15) is 36.6 Å². The Labute approximate surface area is 168 Å². The molecule has 0 aromatic heterocycles. The summed E-state index contributed by atoms with van der Waals surface area (Å²) in [7, 11) is 1.29. The second-order valence-electron chi connectivity index (χ2n) is 6.43. The number of hydrogen-bond donors (Lipinski definition) is 2. The van der Waals surface area contributed by atoms with E-state index in [1.165, 1.54) is 19.2 Å². The van der Waals surface area contributed by atoms with Gasteiger partial charge in [0.1, 0.15) is 0 Å². The second-order valence-corrected chi connectivity index (χ2v) is 6.43. The molecule has 0 aliphatic carbocycles. The normalized spacial score (nSPS) is 10.1. The molecule has 0 aliphatic rings. The number of esters is 1. The summed E-state index contributed by atoms with van der Waals surface area (Å²) in [4.78, 5) is 36.7. The molecule has 0 aliphatic heterocycles. The lowest BCUT2D eigenvalue weighted by Crippen LogP contribution is -2.16. The molecule has 6 heteroatoms. The maximum absolute atomic E-state index is 12.6. The smallest absolute Gasteiger partial charge is 0.337 e. The van der Waals surface area contributed by atoms with Crippen molar-refractivity contribution in [3.63, 3.8) is 0 Å². The van der Waals surface area contributed by atoms with E-state index in [0.717, 1.165) is 5.56 Å². The molecule has 2 amide bonds. The van der Waals surface area contributed by atoms with E-state index in [-0.39, 0.29) is 5.91 Å². The lowest BCUT2D eigenvalue weighted by atomic mass is 10.1. The van der Waals surface area contributed by atoms with Crippen LogP contribution in [-0.4, -0.2) is 24.9 Å². The summed E-state index contributed by atoms with van der Waals surface area (Å²) in [6.45, 7) is 1.94. The van der Waals surface area contributed by atoms with Crippen molar-refractivity contribution in [2.75, 3.05) is 17.7 Å². The van der Waals surface area contributed by atoms with Crippen molar-refractivity contribution >= 4 is 29.2 Å². The highest BCUT2D eigenvalue weighted by atomic mass is 16.5. The molecule has 0 heterocycles. The highest BCUT2D eigenvalue weighted by Crippen LogP contribution is 2.15. The second kappa shape index (κ2) is 8.84. The van der Waals surface area contributed by atoms with E-state index in [0.29, 0.717) is 28.1 Å². The number of amides is 2. The number of benzene rings is 3. The highest BCUT2D eigenvalue weighted by molar-refractivity contribution is 6.09. The van der Waals surface area contributed by atoms with E-state index < -0.39 is 11.9 Å². The lowest BCUT2D eigenvalue weighted by molar-refractivity contribution is 0.0600. The first kappa shape index (κ1) is 19.8. The molecule has 6 nitrogen and oxygen atoms in total. The van der Waals surface area contributed by atoms with E-state index >= 15 is 0 Å². The van der Waals surface area contributed by atoms with Crippen LogP contribution in [0.4, 0.5) is 11.4 Å². The summed E-state index contributed by atoms with van der Waals surface area (Å²) < 4.78 is 4.68. The molecule has 146 valence electrons. The van der Waals surface area contributed by atoms with Crippen molar-refractivity contribution in [2.24, 2.45) is 0 Å². The van der Waals surface area contributed by atoms with Crippen LogP contribution >= 0.6 is 0 Å². The molecule has 0 radical (unpaired) electrons. The maximum Gasteiger partial charge on any atom is 0.337 e. The molecule has 3 aromatic rings. The van der Waals surface area contributed by atoms with Crippen molar-refractivity contribution in [1.29, 1.82) is 0 Å². The Hall–Kier alpha value is -3.93. The zero-order valence-electron chi connectivity index (χ0n) is 16.1. The molecule has 2 N–H and O–H groups in total. The predicted molar refractivity (Wildman–Crippen MR) is 111 cm³/mol. The lowest BCUT2D eigenvalue weighted by Gasteiger charge is -2.09. The molecule has 0 unspecified atom stereocenters. The molecule has 0 atom stereocenters. The van der Waals surface area contributed by atoms with Gasteiger partial charge in [-0.1, -0.05) is 24.3 Å². The maximum atomic E-state index is 12.6. The fourth-order valence-electron chi connectivity index (χ4n) is 2.77. The molecule has 0 spiro atoms. The van der Waals surface area contributed by atoms with Crippen molar-refractivity contribution in [1.82, 2.24) is 0 Å². The highest BCUT2D eigenvalue weighted by Gasteiger charge is 2.12. The van der Waals surface area contributed by atoms with Crippen LogP contribution in [-0.2, 0) is 4.74 Å². The van der Waals surface area contributed by atoms with Gasteiger partial charge in [-0.15, -0.1) is 0 Å². The Kier molecular flexibility index (Phi) is 6.04. The van der Waals surface area contributed by atoms with E-state index in [4.69, 9.17) is 0 Å². The quantitative estimate of drug-likeness (QED) is 0.639. The Morgan fingerprint density at radius 1 is 0.690 bits per heavy atom. The third-order valence-corrected chi connectivity index (χ3v) is 4.20. The SMILES string of the molecule is COC(=O)c1cccc(NC(=O)c2cccc(C(=O)Nc3cccc(C)c3)c2)c1. The number of carbonyl (C=O) groups excluding carboxylic acids is 3. The van der Waals surface area contributed by atoms with Crippen LogP contribution in [0.25, 0.3) is 0 Å². The summed E-state index contributed by atoms with van der Waals surface area (Å²) in [6.07, 6.45) is 0. The fraction of sp³-hybridized carbons (Fsp3) is 0.0870. The number of hydrogen-bond acceptors (Lipinski definition) is 4. The van der Waals surface area contributed by atoms with Gasteiger partial charge in [0.2, 0.25) is 0 Å². The van der Waals surface area contributed by atoms with Gasteiger partial charge in [0.25, 0.3) is 11.8 Å². The van der Waals surface area contributed by atoms with Crippen LogP contribution in [0.5, 0.6) is 0 Å². The minimum absolute atomic E-state index is 0.307. The Morgan fingerprint density at radius 2 is 1.21 bits per heavy atom. The number of nitrogens with one attached hydrogen (secondary N) is 2. The third-order valence-electron chi connectivity index (χ3n) is 4.20. The van der Waals surface area contributed by atoms with E-state index in [9.17, 15) is 14.4 Å². The largest absolute Gasteiger partial charge is 0.465 e. The molecular formula is C23H20N2O4. The van der Waals surface area contributed by atoms with Crippen molar-refractivity contribution < 1.29 is 19.1 Å². The van der Waals surface area contributed by atoms with Crippen LogP contribution in [0.15, 0.2) is 72.8 Å². The molecule has 0 saturated carbocycles. The molecule has 3 aromatic carbocycles. The monoisotopic (exact) mass is 388 g/mol. The molecular weight excluding hydrogens is 368 g/mol. The average Bonchev–Trinajstić information content (AvgIpc) is 2.73. The van der Waals surface area contributed by atoms with Crippen LogP contribution in [0.2, 0.25) is 0 Å². The first-order valence-corrected chi connectivity index (χ1v) is 8.94. The molecule has 3 rings (SSSR count). The van der Waals surface area contributed by atoms with E-state index in [1.807, 2.05) is 25.1 Å². The number of rotatable bonds is 5. The van der Waals surface area contributed by atoms with Gasteiger partial charge in [-0.3, -0.25) is 9.59 Å². The first-order chi connectivity index (χ1) is 14.0. The number of aryl methyl sites for hydroxylation is 1. The van der Waals surface area contributed by atoms with Crippen LogP contribution in [0, 0.1) is 6.92 Å². The Balaban J connectivity index is 1.74.